The molecule has 2 aromatic rings. The number of nitrogens with one attached hydrogen (secondary N) is 2. The van der Waals surface area contributed by atoms with E-state index < -0.39 is 10.0 Å². The van der Waals surface area contributed by atoms with E-state index in [1.807, 2.05) is 6.92 Å². The summed E-state index contributed by atoms with van der Waals surface area (Å²) < 4.78 is 39.3. The summed E-state index contributed by atoms with van der Waals surface area (Å²) in [5.74, 6) is 1.01. The van der Waals surface area contributed by atoms with Gasteiger partial charge in [-0.2, -0.15) is 0 Å². The number of hydrogen-bond donors (Lipinski definition) is 2. The monoisotopic (exact) mass is 488 g/mol. The fourth-order valence-corrected chi connectivity index (χ4v) is 5.26. The van der Waals surface area contributed by atoms with Crippen LogP contribution in [0.15, 0.2) is 47.4 Å². The summed E-state index contributed by atoms with van der Waals surface area (Å²) in [6, 6.07) is 12.1. The Morgan fingerprint density at radius 2 is 1.74 bits per heavy atom. The molecule has 0 heterocycles. The number of hydrogen-bond acceptors (Lipinski definition) is 5. The number of carbonyl (C=O) groups is 1. The molecule has 0 spiro atoms. The molecule has 1 aliphatic carbocycles. The van der Waals surface area contributed by atoms with Crippen molar-refractivity contribution >= 4 is 15.9 Å². The third kappa shape index (κ3) is 7.46. The molecule has 1 fully saturated rings. The summed E-state index contributed by atoms with van der Waals surface area (Å²) in [5.41, 5.74) is 1.46. The van der Waals surface area contributed by atoms with E-state index in [9.17, 15) is 13.2 Å². The van der Waals surface area contributed by atoms with E-state index in [4.69, 9.17) is 9.47 Å². The van der Waals surface area contributed by atoms with Crippen LogP contribution in [0.2, 0.25) is 0 Å². The zero-order chi connectivity index (χ0) is 24.4. The van der Waals surface area contributed by atoms with Gasteiger partial charge in [0.1, 0.15) is 0 Å². The summed E-state index contributed by atoms with van der Waals surface area (Å²) in [6.07, 6.45) is 6.54. The van der Waals surface area contributed by atoms with Gasteiger partial charge in [0.25, 0.3) is 5.91 Å². The molecule has 2 N–H and O–H groups in total. The van der Waals surface area contributed by atoms with Crippen LogP contribution < -0.4 is 19.5 Å². The van der Waals surface area contributed by atoms with Crippen LogP contribution in [0.3, 0.4) is 0 Å². The largest absolute Gasteiger partial charge is 0.490 e. The number of amides is 1. The van der Waals surface area contributed by atoms with Crippen molar-refractivity contribution in [3.63, 3.8) is 0 Å². The molecule has 186 valence electrons. The molecule has 1 amide bonds. The maximum absolute atomic E-state index is 12.6. The van der Waals surface area contributed by atoms with Crippen molar-refractivity contribution in [2.24, 2.45) is 0 Å². The highest BCUT2D eigenvalue weighted by molar-refractivity contribution is 7.89. The fraction of sp³-hybridized carbons (Fsp3) is 0.500. The maximum atomic E-state index is 12.6. The lowest BCUT2D eigenvalue weighted by Gasteiger charge is -2.14. The summed E-state index contributed by atoms with van der Waals surface area (Å²) >= 11 is 0. The molecular formula is C26H36N2O5S. The van der Waals surface area contributed by atoms with Gasteiger partial charge in [0, 0.05) is 18.2 Å². The van der Waals surface area contributed by atoms with Crippen molar-refractivity contribution in [3.8, 4) is 11.5 Å². The molecule has 2 aromatic carbocycles. The van der Waals surface area contributed by atoms with Crippen LogP contribution >= 0.6 is 0 Å². The van der Waals surface area contributed by atoms with Gasteiger partial charge in [0.15, 0.2) is 11.5 Å². The van der Waals surface area contributed by atoms with Crippen LogP contribution in [0.1, 0.15) is 68.3 Å². The summed E-state index contributed by atoms with van der Waals surface area (Å²) in [4.78, 5) is 12.9. The lowest BCUT2D eigenvalue weighted by Crippen LogP contribution is -2.32. The maximum Gasteiger partial charge on any atom is 0.251 e. The van der Waals surface area contributed by atoms with Crippen LogP contribution in [-0.2, 0) is 16.4 Å². The molecule has 0 unspecified atom stereocenters. The van der Waals surface area contributed by atoms with Gasteiger partial charge >= 0.3 is 0 Å². The van der Waals surface area contributed by atoms with Crippen LogP contribution in [0.25, 0.3) is 0 Å². The molecule has 8 heteroatoms. The van der Waals surface area contributed by atoms with Crippen molar-refractivity contribution in [2.75, 3.05) is 19.8 Å². The van der Waals surface area contributed by atoms with Gasteiger partial charge in [-0.05, 0) is 68.5 Å². The molecule has 1 saturated carbocycles. The Balaban J connectivity index is 1.52. The van der Waals surface area contributed by atoms with Crippen LogP contribution in [0, 0.1) is 0 Å². The van der Waals surface area contributed by atoms with Crippen LogP contribution in [-0.4, -0.2) is 40.1 Å². The molecule has 1 aliphatic rings. The Morgan fingerprint density at radius 1 is 1.00 bits per heavy atom. The van der Waals surface area contributed by atoms with Gasteiger partial charge in [-0.15, -0.1) is 0 Å². The molecule has 7 nitrogen and oxygen atoms in total. The lowest BCUT2D eigenvalue weighted by atomic mass is 10.1. The second-order valence-electron chi connectivity index (χ2n) is 8.55. The standard InChI is InChI=1S/C26H36N2O5S/c1-3-5-18-33-24-15-12-21(19-25(24)32-4-2)26(29)27-17-16-20-10-13-23(14-11-20)34(30,31)28-22-8-6-7-9-22/h10-15,19,22,28H,3-9,16-18H2,1-2H3,(H,27,29). The molecule has 0 aliphatic heterocycles. The number of unbranched alkanes of at least 4 members (excludes halogenated alkanes) is 1. The fourth-order valence-electron chi connectivity index (χ4n) is 3.95. The Bertz CT molecular complexity index is 1030. The van der Waals surface area contributed by atoms with E-state index in [2.05, 4.69) is 17.0 Å². The van der Waals surface area contributed by atoms with E-state index in [-0.39, 0.29) is 16.8 Å². The average molecular weight is 489 g/mol. The van der Waals surface area contributed by atoms with Crippen molar-refractivity contribution in [1.82, 2.24) is 10.0 Å². The summed E-state index contributed by atoms with van der Waals surface area (Å²) in [6.45, 7) is 5.52. The molecular weight excluding hydrogens is 452 g/mol. The van der Waals surface area contributed by atoms with Gasteiger partial charge in [-0.3, -0.25) is 4.79 Å². The number of carbonyl (C=O) groups excluding carboxylic acids is 1. The highest BCUT2D eigenvalue weighted by Crippen LogP contribution is 2.29. The van der Waals surface area contributed by atoms with Crippen molar-refractivity contribution < 1.29 is 22.7 Å². The summed E-state index contributed by atoms with van der Waals surface area (Å²) in [7, 11) is -3.49. The quantitative estimate of drug-likeness (QED) is 0.406. The van der Waals surface area contributed by atoms with Gasteiger partial charge in [-0.25, -0.2) is 13.1 Å². The smallest absolute Gasteiger partial charge is 0.251 e. The van der Waals surface area contributed by atoms with E-state index in [1.165, 1.54) is 0 Å². The van der Waals surface area contributed by atoms with E-state index in [0.29, 0.717) is 43.2 Å². The number of rotatable bonds is 13. The number of sulfonamides is 1. The molecule has 0 atom stereocenters. The molecule has 0 radical (unpaired) electrons. The second-order valence-corrected chi connectivity index (χ2v) is 10.3. The summed E-state index contributed by atoms with van der Waals surface area (Å²) in [5, 5.41) is 2.92. The predicted octanol–water partition coefficient (Wildman–Crippen LogP) is 4.46. The van der Waals surface area contributed by atoms with Gasteiger partial charge in [0.05, 0.1) is 18.1 Å². The first-order chi connectivity index (χ1) is 16.4. The van der Waals surface area contributed by atoms with Crippen LogP contribution in [0.5, 0.6) is 11.5 Å². The number of ether oxygens (including phenoxy) is 2. The van der Waals surface area contributed by atoms with Crippen molar-refractivity contribution in [3.05, 3.63) is 53.6 Å². The average Bonchev–Trinajstić information content (AvgIpc) is 3.33. The third-order valence-corrected chi connectivity index (χ3v) is 7.41. The van der Waals surface area contributed by atoms with Gasteiger partial charge in [-0.1, -0.05) is 38.3 Å². The van der Waals surface area contributed by atoms with Crippen LogP contribution in [0.4, 0.5) is 0 Å². The number of benzene rings is 2. The molecule has 0 aromatic heterocycles. The lowest BCUT2D eigenvalue weighted by molar-refractivity contribution is 0.0953. The minimum Gasteiger partial charge on any atom is -0.490 e. The van der Waals surface area contributed by atoms with Crippen molar-refractivity contribution in [1.29, 1.82) is 0 Å². The Morgan fingerprint density at radius 3 is 2.41 bits per heavy atom. The minimum atomic E-state index is -3.49. The SMILES string of the molecule is CCCCOc1ccc(C(=O)NCCc2ccc(S(=O)(=O)NC3CCCC3)cc2)cc1OCC. The first-order valence-electron chi connectivity index (χ1n) is 12.2. The first kappa shape index (κ1) is 26.0. The molecule has 3 rings (SSSR count). The zero-order valence-corrected chi connectivity index (χ0v) is 21.0. The Hall–Kier alpha value is -2.58. The van der Waals surface area contributed by atoms with E-state index >= 15 is 0 Å². The highest BCUT2D eigenvalue weighted by Gasteiger charge is 2.22. The zero-order valence-electron chi connectivity index (χ0n) is 20.1. The molecule has 34 heavy (non-hydrogen) atoms. The van der Waals surface area contributed by atoms with Crippen molar-refractivity contribution in [2.45, 2.75) is 69.7 Å². The van der Waals surface area contributed by atoms with Gasteiger partial charge < -0.3 is 14.8 Å². The Labute approximate surface area is 203 Å². The van der Waals surface area contributed by atoms with E-state index in [1.54, 1.807) is 42.5 Å². The second kappa shape index (κ2) is 12.8. The first-order valence-corrected chi connectivity index (χ1v) is 13.7. The Kier molecular flexibility index (Phi) is 9.77. The molecule has 0 saturated heterocycles. The molecule has 0 bridgehead atoms. The van der Waals surface area contributed by atoms with Gasteiger partial charge in [0.2, 0.25) is 10.0 Å². The third-order valence-electron chi connectivity index (χ3n) is 5.87. The predicted molar refractivity (Wildman–Crippen MR) is 133 cm³/mol. The topological polar surface area (TPSA) is 93.7 Å². The highest BCUT2D eigenvalue weighted by atomic mass is 32.2. The van der Waals surface area contributed by atoms with E-state index in [0.717, 1.165) is 44.1 Å². The normalized spacial score (nSPS) is 14.2. The minimum absolute atomic E-state index is 0.0418.